The first-order valence-electron chi connectivity index (χ1n) is 11.4. The van der Waals surface area contributed by atoms with E-state index in [9.17, 15) is 18.3 Å². The lowest BCUT2D eigenvalue weighted by Gasteiger charge is -2.33. The minimum atomic E-state index is -4.07. The largest absolute Gasteiger partial charge is 0.391 e. The number of nitrogens with one attached hydrogen (secondary N) is 1. The average Bonchev–Trinajstić information content (AvgIpc) is 3.16. The molecule has 2 unspecified atom stereocenters. The highest BCUT2D eigenvalue weighted by Gasteiger charge is 2.41. The maximum absolute atomic E-state index is 13.0. The molecule has 2 fully saturated rings. The summed E-state index contributed by atoms with van der Waals surface area (Å²) in [4.78, 5) is 11.2. The fourth-order valence-corrected chi connectivity index (χ4v) is 5.10. The molecule has 1 saturated heterocycles. The average molecular weight is 440 g/mol. The monoisotopic (exact) mass is 439 g/mol. The number of fused-ring (bicyclic) bond motifs is 1. The third-order valence-electron chi connectivity index (χ3n) is 7.03. The summed E-state index contributed by atoms with van der Waals surface area (Å²) < 4.78 is 41.0. The molecule has 2 aliphatic rings. The van der Waals surface area contributed by atoms with Crippen LogP contribution in [0.2, 0.25) is 0 Å². The Balaban J connectivity index is 1.47. The van der Waals surface area contributed by atoms with Crippen LogP contribution in [0, 0.1) is 17.8 Å². The highest BCUT2D eigenvalue weighted by molar-refractivity contribution is 5.87. The molecule has 3 heterocycles. The summed E-state index contributed by atoms with van der Waals surface area (Å²) in [5, 5.41) is 14.4. The molecule has 1 saturated carbocycles. The number of rotatable bonds is 6. The maximum atomic E-state index is 13.0. The molecule has 31 heavy (non-hydrogen) atoms. The zero-order valence-corrected chi connectivity index (χ0v) is 18.0. The van der Waals surface area contributed by atoms with Crippen LogP contribution in [-0.2, 0) is 6.54 Å². The van der Waals surface area contributed by atoms with Crippen molar-refractivity contribution in [3.63, 3.8) is 0 Å². The van der Waals surface area contributed by atoms with Gasteiger partial charge < -0.3 is 19.9 Å². The van der Waals surface area contributed by atoms with Gasteiger partial charge in [0.15, 0.2) is 0 Å². The van der Waals surface area contributed by atoms with Gasteiger partial charge in [0.05, 0.1) is 17.4 Å². The van der Waals surface area contributed by atoms with Crippen LogP contribution in [0.3, 0.4) is 0 Å². The van der Waals surface area contributed by atoms with E-state index in [0.717, 1.165) is 36.4 Å². The van der Waals surface area contributed by atoms with Crippen molar-refractivity contribution in [2.45, 2.75) is 57.9 Å². The molecule has 172 valence electrons. The van der Waals surface area contributed by atoms with Gasteiger partial charge in [0.2, 0.25) is 0 Å². The second-order valence-electron chi connectivity index (χ2n) is 9.02. The van der Waals surface area contributed by atoms with Gasteiger partial charge in [0, 0.05) is 38.3 Å². The van der Waals surface area contributed by atoms with Gasteiger partial charge in [0.1, 0.15) is 17.8 Å². The van der Waals surface area contributed by atoms with Crippen LogP contribution >= 0.6 is 0 Å². The highest BCUT2D eigenvalue weighted by Crippen LogP contribution is 2.40. The van der Waals surface area contributed by atoms with Gasteiger partial charge in [-0.05, 0) is 57.6 Å². The molecule has 0 amide bonds. The molecule has 2 atom stereocenters. The smallest absolute Gasteiger partial charge is 0.391 e. The Morgan fingerprint density at radius 1 is 1.19 bits per heavy atom. The molecule has 0 spiro atoms. The topological polar surface area (TPSA) is 66.2 Å². The van der Waals surface area contributed by atoms with Crippen molar-refractivity contribution >= 4 is 16.9 Å². The van der Waals surface area contributed by atoms with Crippen molar-refractivity contribution in [2.75, 3.05) is 31.1 Å². The summed E-state index contributed by atoms with van der Waals surface area (Å²) in [6, 6.07) is 2.02. The van der Waals surface area contributed by atoms with E-state index in [2.05, 4.69) is 31.7 Å². The third kappa shape index (κ3) is 4.98. The summed E-state index contributed by atoms with van der Waals surface area (Å²) in [7, 11) is 0. The van der Waals surface area contributed by atoms with Crippen molar-refractivity contribution in [3.8, 4) is 0 Å². The first-order valence-corrected chi connectivity index (χ1v) is 11.4. The molecule has 0 bridgehead atoms. The first kappa shape index (κ1) is 22.3. The number of anilines is 1. The van der Waals surface area contributed by atoms with E-state index < -0.39 is 12.1 Å². The summed E-state index contributed by atoms with van der Waals surface area (Å²) >= 11 is 0. The molecule has 1 aliphatic carbocycles. The Kier molecular flexibility index (Phi) is 6.71. The predicted molar refractivity (Wildman–Crippen MR) is 114 cm³/mol. The molecular formula is C22H32F3N5O. The molecular weight excluding hydrogens is 407 g/mol. The van der Waals surface area contributed by atoms with Crippen LogP contribution in [0.15, 0.2) is 18.6 Å². The number of β-amino-alcohol motifs (C(OH)–C–C–N with tert-alkyl or cyclic N) is 1. The molecule has 4 rings (SSSR count). The van der Waals surface area contributed by atoms with Crippen molar-refractivity contribution in [1.82, 2.24) is 19.9 Å². The number of halogens is 3. The Labute approximate surface area is 180 Å². The second kappa shape index (κ2) is 9.32. The summed E-state index contributed by atoms with van der Waals surface area (Å²) in [5.74, 6) is 0.121. The minimum absolute atomic E-state index is 0.182. The lowest BCUT2D eigenvalue weighted by atomic mass is 9.81. The summed E-state index contributed by atoms with van der Waals surface area (Å²) in [5.41, 5.74) is 0.843. The Morgan fingerprint density at radius 2 is 1.97 bits per heavy atom. The van der Waals surface area contributed by atoms with Gasteiger partial charge in [-0.1, -0.05) is 0 Å². The number of hydrogen-bond donors (Lipinski definition) is 2. The third-order valence-corrected chi connectivity index (χ3v) is 7.03. The Morgan fingerprint density at radius 3 is 2.65 bits per heavy atom. The van der Waals surface area contributed by atoms with Crippen LogP contribution in [0.25, 0.3) is 11.0 Å². The molecule has 2 aromatic rings. The number of aliphatic hydroxyl groups is 1. The lowest BCUT2D eigenvalue weighted by Crippen LogP contribution is -2.42. The minimum Gasteiger partial charge on any atom is -0.391 e. The summed E-state index contributed by atoms with van der Waals surface area (Å²) in [6.07, 6.45) is 1.69. The van der Waals surface area contributed by atoms with E-state index >= 15 is 0 Å². The van der Waals surface area contributed by atoms with Crippen molar-refractivity contribution in [3.05, 3.63) is 18.6 Å². The zero-order chi connectivity index (χ0) is 22.0. The standard InChI is InChI=1S/C22H32F3N5O/c1-2-29(12-15-3-5-17(6-4-15)22(23,24)25)20-18-8-10-30(21(18)28-14-27-20)13-16-7-9-26-11-19(16)31/h8,10,14-17,19,26,31H,2-7,9,11-13H2,1H3. The molecule has 2 aromatic heterocycles. The normalized spacial score (nSPS) is 27.5. The van der Waals surface area contributed by atoms with Crippen LogP contribution in [0.5, 0.6) is 0 Å². The Bertz CT molecular complexity index is 862. The van der Waals surface area contributed by atoms with Crippen LogP contribution in [-0.4, -0.2) is 58.1 Å². The number of piperidine rings is 1. The van der Waals surface area contributed by atoms with E-state index in [-0.39, 0.29) is 30.8 Å². The number of aromatic nitrogens is 3. The number of alkyl halides is 3. The molecule has 6 nitrogen and oxygen atoms in total. The van der Waals surface area contributed by atoms with Gasteiger partial charge in [-0.25, -0.2) is 9.97 Å². The zero-order valence-electron chi connectivity index (χ0n) is 18.0. The molecule has 0 aromatic carbocycles. The van der Waals surface area contributed by atoms with Crippen molar-refractivity contribution in [1.29, 1.82) is 0 Å². The predicted octanol–water partition coefficient (Wildman–Crippen LogP) is 3.60. The molecule has 1 aliphatic heterocycles. The number of nitrogens with zero attached hydrogens (tertiary/aromatic N) is 4. The highest BCUT2D eigenvalue weighted by atomic mass is 19.4. The number of hydrogen-bond acceptors (Lipinski definition) is 5. The van der Waals surface area contributed by atoms with E-state index in [4.69, 9.17) is 0 Å². The van der Waals surface area contributed by atoms with Gasteiger partial charge in [-0.15, -0.1) is 0 Å². The van der Waals surface area contributed by atoms with E-state index in [1.54, 1.807) is 6.33 Å². The van der Waals surface area contributed by atoms with E-state index in [1.165, 1.54) is 0 Å². The van der Waals surface area contributed by atoms with E-state index in [0.29, 0.717) is 32.5 Å². The Hall–Kier alpha value is -1.87. The fourth-order valence-electron chi connectivity index (χ4n) is 5.10. The second-order valence-corrected chi connectivity index (χ2v) is 9.02. The van der Waals surface area contributed by atoms with Crippen LogP contribution in [0.4, 0.5) is 19.0 Å². The fraction of sp³-hybridized carbons (Fsp3) is 0.727. The molecule has 2 N–H and O–H groups in total. The summed E-state index contributed by atoms with van der Waals surface area (Å²) in [6.45, 7) is 5.73. The maximum Gasteiger partial charge on any atom is 0.391 e. The van der Waals surface area contributed by atoms with Crippen molar-refractivity contribution in [2.24, 2.45) is 17.8 Å². The first-order chi connectivity index (χ1) is 14.9. The quantitative estimate of drug-likeness (QED) is 0.720. The lowest BCUT2D eigenvalue weighted by molar-refractivity contribution is -0.183. The molecule has 9 heteroatoms. The van der Waals surface area contributed by atoms with Gasteiger partial charge >= 0.3 is 6.18 Å². The van der Waals surface area contributed by atoms with Gasteiger partial charge in [-0.2, -0.15) is 13.2 Å². The molecule has 0 radical (unpaired) electrons. The van der Waals surface area contributed by atoms with Crippen molar-refractivity contribution < 1.29 is 18.3 Å². The van der Waals surface area contributed by atoms with E-state index in [1.807, 2.05) is 12.3 Å². The van der Waals surface area contributed by atoms with Gasteiger partial charge in [-0.3, -0.25) is 0 Å². The van der Waals surface area contributed by atoms with Gasteiger partial charge in [0.25, 0.3) is 0 Å². The number of aliphatic hydroxyl groups excluding tert-OH is 1. The van der Waals surface area contributed by atoms with Crippen LogP contribution < -0.4 is 10.2 Å². The SMILES string of the molecule is CCN(CC1CCC(C(F)(F)F)CC1)c1ncnc2c1ccn2CC1CCNCC1O. The van der Waals surface area contributed by atoms with Crippen LogP contribution in [0.1, 0.15) is 39.0 Å².